The number of hydrogen-bond donors (Lipinski definition) is 2. The highest BCUT2D eigenvalue weighted by atomic mass is 16.5. The molecule has 0 radical (unpaired) electrons. The van der Waals surface area contributed by atoms with Gasteiger partial charge in [-0.2, -0.15) is 0 Å². The quantitative estimate of drug-likeness (QED) is 0.443. The Bertz CT molecular complexity index is 1160. The summed E-state index contributed by atoms with van der Waals surface area (Å²) in [5, 5.41) is 4.33. The van der Waals surface area contributed by atoms with Gasteiger partial charge < -0.3 is 15.8 Å². The van der Waals surface area contributed by atoms with E-state index in [0.29, 0.717) is 12.2 Å². The van der Waals surface area contributed by atoms with E-state index in [1.165, 1.54) is 11.1 Å². The average molecular weight is 384 g/mol. The predicted molar refractivity (Wildman–Crippen MR) is 119 cm³/mol. The molecule has 0 fully saturated rings. The highest BCUT2D eigenvalue weighted by Crippen LogP contribution is 2.27. The van der Waals surface area contributed by atoms with E-state index in [4.69, 9.17) is 10.5 Å². The van der Waals surface area contributed by atoms with Crippen LogP contribution in [0.15, 0.2) is 67.0 Å². The molecule has 146 valence electrons. The molecular weight excluding hydrogens is 360 g/mol. The first-order valence-corrected chi connectivity index (χ1v) is 9.67. The summed E-state index contributed by atoms with van der Waals surface area (Å²) in [7, 11) is 0. The number of aromatic nitrogens is 2. The van der Waals surface area contributed by atoms with Crippen LogP contribution in [0.5, 0.6) is 11.5 Å². The second-order valence-electron chi connectivity index (χ2n) is 7.13. The van der Waals surface area contributed by atoms with Crippen LogP contribution in [0.2, 0.25) is 0 Å². The number of rotatable bonds is 6. The van der Waals surface area contributed by atoms with Gasteiger partial charge >= 0.3 is 0 Å². The summed E-state index contributed by atoms with van der Waals surface area (Å²) in [6, 6.07) is 19.9. The van der Waals surface area contributed by atoms with Crippen LogP contribution >= 0.6 is 0 Å². The third kappa shape index (κ3) is 4.29. The monoisotopic (exact) mass is 384 g/mol. The van der Waals surface area contributed by atoms with Crippen molar-refractivity contribution in [3.8, 4) is 11.5 Å². The van der Waals surface area contributed by atoms with Crippen molar-refractivity contribution in [3.05, 3.63) is 83.7 Å². The van der Waals surface area contributed by atoms with Crippen LogP contribution in [0.25, 0.3) is 10.9 Å². The Labute approximate surface area is 170 Å². The number of aryl methyl sites for hydroxylation is 2. The number of nitrogens with one attached hydrogen (secondary N) is 1. The van der Waals surface area contributed by atoms with Crippen LogP contribution in [-0.4, -0.2) is 16.5 Å². The van der Waals surface area contributed by atoms with Gasteiger partial charge in [0.05, 0.1) is 5.52 Å². The predicted octanol–water partition coefficient (Wildman–Crippen LogP) is 5.28. The first-order chi connectivity index (χ1) is 14.1. The maximum atomic E-state index is 6.16. The highest BCUT2D eigenvalue weighted by molar-refractivity contribution is 5.91. The number of nitrogen functional groups attached to an aromatic ring is 1. The van der Waals surface area contributed by atoms with Crippen molar-refractivity contribution in [3.63, 3.8) is 0 Å². The maximum Gasteiger partial charge on any atom is 0.137 e. The molecule has 4 aromatic rings. The van der Waals surface area contributed by atoms with Gasteiger partial charge in [0.2, 0.25) is 0 Å². The number of anilines is 2. The van der Waals surface area contributed by atoms with Gasteiger partial charge in [-0.15, -0.1) is 0 Å². The standard InChI is InChI=1S/C24H24N4O/c1-16-7-9-20(13-17(16)2)29-23-6-4-3-5-18(23)11-12-26-24-21-14-19(25)8-10-22(21)27-15-28-24/h3-10,13-15H,11-12,25H2,1-2H3,(H,26,27,28). The van der Waals surface area contributed by atoms with Crippen LogP contribution in [0.1, 0.15) is 16.7 Å². The van der Waals surface area contributed by atoms with Crippen LogP contribution in [-0.2, 0) is 6.42 Å². The zero-order valence-electron chi connectivity index (χ0n) is 16.6. The highest BCUT2D eigenvalue weighted by Gasteiger charge is 2.07. The lowest BCUT2D eigenvalue weighted by Gasteiger charge is -2.13. The van der Waals surface area contributed by atoms with E-state index in [1.807, 2.05) is 42.5 Å². The molecule has 4 rings (SSSR count). The first-order valence-electron chi connectivity index (χ1n) is 9.67. The molecule has 3 N–H and O–H groups in total. The molecule has 0 saturated carbocycles. The molecule has 0 aliphatic rings. The lowest BCUT2D eigenvalue weighted by atomic mass is 10.1. The van der Waals surface area contributed by atoms with Gasteiger partial charge in [-0.05, 0) is 73.4 Å². The van der Waals surface area contributed by atoms with Gasteiger partial charge in [0.25, 0.3) is 0 Å². The van der Waals surface area contributed by atoms with Crippen molar-refractivity contribution in [1.82, 2.24) is 9.97 Å². The number of para-hydroxylation sites is 1. The number of ether oxygens (including phenoxy) is 1. The van der Waals surface area contributed by atoms with E-state index >= 15 is 0 Å². The fourth-order valence-electron chi connectivity index (χ4n) is 3.24. The molecule has 5 nitrogen and oxygen atoms in total. The number of fused-ring (bicyclic) bond motifs is 1. The molecule has 0 aliphatic heterocycles. The van der Waals surface area contributed by atoms with E-state index in [-0.39, 0.29) is 0 Å². The maximum absolute atomic E-state index is 6.16. The molecule has 1 aromatic heterocycles. The zero-order valence-corrected chi connectivity index (χ0v) is 16.6. The molecule has 0 unspecified atom stereocenters. The summed E-state index contributed by atoms with van der Waals surface area (Å²) >= 11 is 0. The van der Waals surface area contributed by atoms with Crippen molar-refractivity contribution in [1.29, 1.82) is 0 Å². The Balaban J connectivity index is 1.48. The molecule has 0 saturated heterocycles. The smallest absolute Gasteiger partial charge is 0.137 e. The normalized spacial score (nSPS) is 10.8. The van der Waals surface area contributed by atoms with Crippen molar-refractivity contribution < 1.29 is 4.74 Å². The van der Waals surface area contributed by atoms with Gasteiger partial charge in [0.1, 0.15) is 23.6 Å². The molecular formula is C24H24N4O. The number of nitrogens with zero attached hydrogens (tertiary/aromatic N) is 2. The van der Waals surface area contributed by atoms with E-state index in [0.717, 1.165) is 40.2 Å². The number of benzene rings is 3. The van der Waals surface area contributed by atoms with Crippen molar-refractivity contribution in [2.24, 2.45) is 0 Å². The van der Waals surface area contributed by atoms with E-state index in [1.54, 1.807) is 6.33 Å². The summed E-state index contributed by atoms with van der Waals surface area (Å²) in [5.41, 5.74) is 11.1. The minimum atomic E-state index is 0.697. The van der Waals surface area contributed by atoms with Crippen molar-refractivity contribution >= 4 is 22.4 Å². The summed E-state index contributed by atoms with van der Waals surface area (Å²) in [6.07, 6.45) is 2.37. The second-order valence-corrected chi connectivity index (χ2v) is 7.13. The minimum absolute atomic E-state index is 0.697. The van der Waals surface area contributed by atoms with Crippen molar-refractivity contribution in [2.45, 2.75) is 20.3 Å². The average Bonchev–Trinajstić information content (AvgIpc) is 2.72. The summed E-state index contributed by atoms with van der Waals surface area (Å²) in [6.45, 7) is 4.91. The minimum Gasteiger partial charge on any atom is -0.457 e. The Kier molecular flexibility index (Phi) is 5.29. The van der Waals surface area contributed by atoms with Gasteiger partial charge in [-0.3, -0.25) is 0 Å². The lowest BCUT2D eigenvalue weighted by molar-refractivity contribution is 0.476. The topological polar surface area (TPSA) is 73.1 Å². The summed E-state index contributed by atoms with van der Waals surface area (Å²) in [5.74, 6) is 2.51. The van der Waals surface area contributed by atoms with Crippen LogP contribution in [0, 0.1) is 13.8 Å². The fourth-order valence-corrected chi connectivity index (χ4v) is 3.24. The molecule has 0 amide bonds. The SMILES string of the molecule is Cc1ccc(Oc2ccccc2CCNc2ncnc3ccc(N)cc23)cc1C. The third-order valence-electron chi connectivity index (χ3n) is 5.02. The fraction of sp³-hybridized carbons (Fsp3) is 0.167. The Hall–Kier alpha value is -3.60. The molecule has 0 bridgehead atoms. The second kappa shape index (κ2) is 8.19. The Morgan fingerprint density at radius 2 is 1.79 bits per heavy atom. The Morgan fingerprint density at radius 1 is 0.931 bits per heavy atom. The summed E-state index contributed by atoms with van der Waals surface area (Å²) < 4.78 is 6.16. The lowest BCUT2D eigenvalue weighted by Crippen LogP contribution is -2.08. The molecule has 0 atom stereocenters. The molecule has 3 aromatic carbocycles. The van der Waals surface area contributed by atoms with Gasteiger partial charge in [-0.1, -0.05) is 24.3 Å². The Morgan fingerprint density at radius 3 is 2.66 bits per heavy atom. The van der Waals surface area contributed by atoms with Crippen LogP contribution < -0.4 is 15.8 Å². The third-order valence-corrected chi connectivity index (χ3v) is 5.02. The van der Waals surface area contributed by atoms with E-state index in [9.17, 15) is 0 Å². The van der Waals surface area contributed by atoms with E-state index < -0.39 is 0 Å². The number of hydrogen-bond acceptors (Lipinski definition) is 5. The molecule has 5 heteroatoms. The van der Waals surface area contributed by atoms with Crippen molar-refractivity contribution in [2.75, 3.05) is 17.6 Å². The number of nitrogens with two attached hydrogens (primary N) is 1. The molecule has 29 heavy (non-hydrogen) atoms. The molecule has 0 spiro atoms. The summed E-state index contributed by atoms with van der Waals surface area (Å²) in [4.78, 5) is 8.67. The van der Waals surface area contributed by atoms with Crippen LogP contribution in [0.3, 0.4) is 0 Å². The first kappa shape index (κ1) is 18.7. The van der Waals surface area contributed by atoms with Gasteiger partial charge in [-0.25, -0.2) is 9.97 Å². The van der Waals surface area contributed by atoms with Crippen LogP contribution in [0.4, 0.5) is 11.5 Å². The van der Waals surface area contributed by atoms with E-state index in [2.05, 4.69) is 47.3 Å². The zero-order chi connectivity index (χ0) is 20.2. The largest absolute Gasteiger partial charge is 0.457 e. The molecule has 0 aliphatic carbocycles. The van der Waals surface area contributed by atoms with Gasteiger partial charge in [0, 0.05) is 17.6 Å². The van der Waals surface area contributed by atoms with Gasteiger partial charge in [0.15, 0.2) is 0 Å². The molecule has 1 heterocycles.